The second kappa shape index (κ2) is 3.45. The number of nitriles is 1. The Kier molecular flexibility index (Phi) is 2.36. The molecule has 0 radical (unpaired) electrons. The molecule has 2 N–H and O–H groups in total. The summed E-state index contributed by atoms with van der Waals surface area (Å²) in [5, 5.41) is 11.2. The molecule has 0 aliphatic carbocycles. The summed E-state index contributed by atoms with van der Waals surface area (Å²) in [6, 6.07) is 5.61. The summed E-state index contributed by atoms with van der Waals surface area (Å²) >= 11 is 0. The molecule has 13 heavy (non-hydrogen) atoms. The smallest absolute Gasteiger partial charge is 0.248 e. The predicted octanol–water partition coefficient (Wildman–Crippen LogP) is 1.06. The van der Waals surface area contributed by atoms with E-state index in [2.05, 4.69) is 5.18 Å². The summed E-state index contributed by atoms with van der Waals surface area (Å²) in [6.45, 7) is 0. The van der Waals surface area contributed by atoms with Crippen LogP contribution in [0, 0.1) is 16.2 Å². The molecule has 0 saturated carbocycles. The lowest BCUT2D eigenvalue weighted by Gasteiger charge is -1.96. The molecule has 0 aliphatic rings. The van der Waals surface area contributed by atoms with Gasteiger partial charge in [-0.3, -0.25) is 4.79 Å². The zero-order valence-electron chi connectivity index (χ0n) is 6.52. The standard InChI is InChI=1S/C8H5N3O2/c9-4-6-3-5(8(10)12)1-2-7(6)11-13/h1-3H,(H2,10,12). The van der Waals surface area contributed by atoms with Crippen LogP contribution in [0.15, 0.2) is 23.4 Å². The molecule has 0 saturated heterocycles. The first-order valence-electron chi connectivity index (χ1n) is 3.36. The Morgan fingerprint density at radius 3 is 2.69 bits per heavy atom. The molecule has 1 aromatic carbocycles. The summed E-state index contributed by atoms with van der Waals surface area (Å²) in [6.07, 6.45) is 0. The monoisotopic (exact) mass is 175 g/mol. The van der Waals surface area contributed by atoms with E-state index in [0.29, 0.717) is 0 Å². The van der Waals surface area contributed by atoms with E-state index in [-0.39, 0.29) is 16.8 Å². The number of primary amides is 1. The Hall–Kier alpha value is -2.22. The van der Waals surface area contributed by atoms with E-state index in [0.717, 1.165) is 0 Å². The third-order valence-electron chi connectivity index (χ3n) is 1.50. The minimum absolute atomic E-state index is 0.00694. The highest BCUT2D eigenvalue weighted by Gasteiger charge is 2.06. The molecule has 64 valence electrons. The van der Waals surface area contributed by atoms with Gasteiger partial charge in [0.2, 0.25) is 5.91 Å². The van der Waals surface area contributed by atoms with Crippen LogP contribution in [0.2, 0.25) is 0 Å². The number of carbonyl (C=O) groups excluding carboxylic acids is 1. The van der Waals surface area contributed by atoms with Crippen molar-refractivity contribution < 1.29 is 4.79 Å². The number of rotatable bonds is 2. The molecule has 0 spiro atoms. The number of benzene rings is 1. The van der Waals surface area contributed by atoms with Gasteiger partial charge in [-0.25, -0.2) is 0 Å². The van der Waals surface area contributed by atoms with Crippen LogP contribution >= 0.6 is 0 Å². The van der Waals surface area contributed by atoms with Crippen molar-refractivity contribution in [2.24, 2.45) is 10.9 Å². The summed E-state index contributed by atoms with van der Waals surface area (Å²) in [5.41, 5.74) is 5.21. The first-order valence-corrected chi connectivity index (χ1v) is 3.36. The second-order valence-corrected chi connectivity index (χ2v) is 2.30. The third kappa shape index (κ3) is 1.68. The van der Waals surface area contributed by atoms with Crippen LogP contribution in [0.3, 0.4) is 0 Å². The highest BCUT2D eigenvalue weighted by molar-refractivity contribution is 5.93. The molecule has 0 unspecified atom stereocenters. The molecule has 0 aromatic heterocycles. The molecule has 1 aromatic rings. The van der Waals surface area contributed by atoms with Gasteiger partial charge >= 0.3 is 0 Å². The van der Waals surface area contributed by atoms with Crippen molar-refractivity contribution in [2.75, 3.05) is 0 Å². The summed E-state index contributed by atoms with van der Waals surface area (Å²) in [7, 11) is 0. The highest BCUT2D eigenvalue weighted by Crippen LogP contribution is 2.18. The molecule has 0 heterocycles. The zero-order chi connectivity index (χ0) is 9.84. The number of nitroso groups, excluding NO2 is 1. The molecule has 5 heteroatoms. The fourth-order valence-electron chi connectivity index (χ4n) is 0.858. The van der Waals surface area contributed by atoms with Gasteiger partial charge in [0.15, 0.2) is 0 Å². The summed E-state index contributed by atoms with van der Waals surface area (Å²) in [5.74, 6) is -0.644. The maximum Gasteiger partial charge on any atom is 0.248 e. The van der Waals surface area contributed by atoms with Crippen LogP contribution in [-0.2, 0) is 0 Å². The number of nitrogens with zero attached hydrogens (tertiary/aromatic N) is 2. The molecular weight excluding hydrogens is 170 g/mol. The molecule has 0 atom stereocenters. The van der Waals surface area contributed by atoms with E-state index in [9.17, 15) is 9.70 Å². The van der Waals surface area contributed by atoms with E-state index in [1.807, 2.05) is 0 Å². The first kappa shape index (κ1) is 8.87. The highest BCUT2D eigenvalue weighted by atomic mass is 16.3. The Bertz CT molecular complexity index is 406. The van der Waals surface area contributed by atoms with Crippen LogP contribution in [-0.4, -0.2) is 5.91 Å². The number of nitrogens with two attached hydrogens (primary N) is 1. The topological polar surface area (TPSA) is 96.3 Å². The number of hydrogen-bond donors (Lipinski definition) is 1. The quantitative estimate of drug-likeness (QED) is 0.680. The van der Waals surface area contributed by atoms with Gasteiger partial charge in [-0.2, -0.15) is 5.26 Å². The van der Waals surface area contributed by atoms with Crippen LogP contribution in [0.5, 0.6) is 0 Å². The predicted molar refractivity (Wildman–Crippen MR) is 45.1 cm³/mol. The number of carbonyl (C=O) groups is 1. The van der Waals surface area contributed by atoms with Gasteiger partial charge < -0.3 is 5.73 Å². The molecule has 0 fully saturated rings. The van der Waals surface area contributed by atoms with Crippen LogP contribution < -0.4 is 5.73 Å². The molecule has 1 rings (SSSR count). The molecule has 0 aliphatic heterocycles. The summed E-state index contributed by atoms with van der Waals surface area (Å²) < 4.78 is 0. The Labute approximate surface area is 73.8 Å². The fourth-order valence-corrected chi connectivity index (χ4v) is 0.858. The van der Waals surface area contributed by atoms with Crippen molar-refractivity contribution in [1.82, 2.24) is 0 Å². The van der Waals surface area contributed by atoms with Crippen LogP contribution in [0.4, 0.5) is 5.69 Å². The van der Waals surface area contributed by atoms with Crippen LogP contribution in [0.25, 0.3) is 0 Å². The lowest BCUT2D eigenvalue weighted by Crippen LogP contribution is -2.10. The average Bonchev–Trinajstić information content (AvgIpc) is 2.16. The van der Waals surface area contributed by atoms with Crippen molar-refractivity contribution >= 4 is 11.6 Å². The normalized spacial score (nSPS) is 8.85. The van der Waals surface area contributed by atoms with E-state index in [1.54, 1.807) is 6.07 Å². The Morgan fingerprint density at radius 1 is 1.54 bits per heavy atom. The second-order valence-electron chi connectivity index (χ2n) is 2.30. The number of amides is 1. The van der Waals surface area contributed by atoms with Gasteiger partial charge in [0.05, 0.1) is 5.56 Å². The molecule has 0 bridgehead atoms. The minimum Gasteiger partial charge on any atom is -0.366 e. The maximum absolute atomic E-state index is 10.7. The number of hydrogen-bond acceptors (Lipinski definition) is 4. The SMILES string of the molecule is N#Cc1cc(C(N)=O)ccc1N=O. The van der Waals surface area contributed by atoms with Crippen molar-refractivity contribution in [3.8, 4) is 6.07 Å². The van der Waals surface area contributed by atoms with Gasteiger partial charge in [0.25, 0.3) is 0 Å². The van der Waals surface area contributed by atoms with E-state index in [4.69, 9.17) is 11.0 Å². The van der Waals surface area contributed by atoms with Crippen molar-refractivity contribution in [1.29, 1.82) is 5.26 Å². The van der Waals surface area contributed by atoms with Gasteiger partial charge in [0.1, 0.15) is 11.8 Å². The third-order valence-corrected chi connectivity index (χ3v) is 1.50. The van der Waals surface area contributed by atoms with Crippen LogP contribution in [0.1, 0.15) is 15.9 Å². The fraction of sp³-hybridized carbons (Fsp3) is 0. The molecule has 1 amide bonds. The molecular formula is C8H5N3O2. The maximum atomic E-state index is 10.7. The van der Waals surface area contributed by atoms with Gasteiger partial charge in [0, 0.05) is 5.56 Å². The van der Waals surface area contributed by atoms with Crippen molar-refractivity contribution in [2.45, 2.75) is 0 Å². The lowest BCUT2D eigenvalue weighted by atomic mass is 10.1. The van der Waals surface area contributed by atoms with E-state index in [1.165, 1.54) is 18.2 Å². The lowest BCUT2D eigenvalue weighted by molar-refractivity contribution is 0.100. The van der Waals surface area contributed by atoms with Gasteiger partial charge in [-0.1, -0.05) is 0 Å². The minimum atomic E-state index is -0.644. The summed E-state index contributed by atoms with van der Waals surface area (Å²) in [4.78, 5) is 20.8. The van der Waals surface area contributed by atoms with Crippen molar-refractivity contribution in [3.05, 3.63) is 34.2 Å². The zero-order valence-corrected chi connectivity index (χ0v) is 6.52. The largest absolute Gasteiger partial charge is 0.366 e. The Balaban J connectivity index is 3.31. The van der Waals surface area contributed by atoms with Gasteiger partial charge in [-0.05, 0) is 23.4 Å². The Morgan fingerprint density at radius 2 is 2.23 bits per heavy atom. The van der Waals surface area contributed by atoms with E-state index >= 15 is 0 Å². The van der Waals surface area contributed by atoms with Gasteiger partial charge in [-0.15, -0.1) is 4.91 Å². The van der Waals surface area contributed by atoms with Crippen molar-refractivity contribution in [3.63, 3.8) is 0 Å². The average molecular weight is 175 g/mol. The molecule has 5 nitrogen and oxygen atoms in total. The van der Waals surface area contributed by atoms with E-state index < -0.39 is 5.91 Å². The first-order chi connectivity index (χ1) is 6.19.